The van der Waals surface area contributed by atoms with Gasteiger partial charge in [-0.2, -0.15) is 0 Å². The molecule has 3 aromatic carbocycles. The Hall–Kier alpha value is -3.23. The third-order valence-corrected chi connectivity index (χ3v) is 5.80. The van der Waals surface area contributed by atoms with Crippen molar-refractivity contribution in [3.8, 4) is 0 Å². The highest BCUT2D eigenvalue weighted by Gasteiger charge is 2.26. The van der Waals surface area contributed by atoms with Crippen LogP contribution in [0.4, 0.5) is 5.69 Å². The number of nitrogens with two attached hydrogens (primary N) is 1. The molecule has 0 saturated carbocycles. The number of primary sulfonamides is 1. The first kappa shape index (κ1) is 19.1. The van der Waals surface area contributed by atoms with Crippen molar-refractivity contribution in [2.24, 2.45) is 5.14 Å². The minimum atomic E-state index is -3.80. The van der Waals surface area contributed by atoms with Gasteiger partial charge in [0, 0.05) is 12.2 Å². The zero-order chi connectivity index (χ0) is 20.6. The van der Waals surface area contributed by atoms with Crippen molar-refractivity contribution in [1.82, 2.24) is 0 Å². The maximum absolute atomic E-state index is 12.5. The molecule has 1 amide bonds. The number of carbonyl (C=O) groups is 2. The summed E-state index contributed by atoms with van der Waals surface area (Å²) < 4.78 is 28.2. The molecular formula is C21H18N2O5S. The monoisotopic (exact) mass is 410 g/mol. The highest BCUT2D eigenvalue weighted by Crippen LogP contribution is 2.30. The molecule has 0 bridgehead atoms. The van der Waals surface area contributed by atoms with Crippen LogP contribution in [0.15, 0.2) is 65.6 Å². The van der Waals surface area contributed by atoms with Gasteiger partial charge in [-0.05, 0) is 53.1 Å². The van der Waals surface area contributed by atoms with Crippen molar-refractivity contribution < 1.29 is 22.7 Å². The summed E-state index contributed by atoms with van der Waals surface area (Å²) in [6.07, 6.45) is 0.503. The van der Waals surface area contributed by atoms with E-state index in [0.29, 0.717) is 29.8 Å². The van der Waals surface area contributed by atoms with Crippen LogP contribution in [0, 0.1) is 0 Å². The van der Waals surface area contributed by atoms with Gasteiger partial charge in [-0.15, -0.1) is 0 Å². The van der Waals surface area contributed by atoms with E-state index in [9.17, 15) is 18.0 Å². The highest BCUT2D eigenvalue weighted by atomic mass is 32.2. The number of anilines is 1. The second-order valence-electron chi connectivity index (χ2n) is 6.77. The van der Waals surface area contributed by atoms with Crippen molar-refractivity contribution in [2.75, 3.05) is 18.1 Å². The van der Waals surface area contributed by atoms with E-state index in [2.05, 4.69) is 0 Å². The molecule has 0 spiro atoms. The number of sulfonamides is 1. The maximum Gasteiger partial charge on any atom is 0.338 e. The van der Waals surface area contributed by atoms with E-state index in [1.54, 1.807) is 18.2 Å². The molecule has 1 aliphatic heterocycles. The van der Waals surface area contributed by atoms with Crippen molar-refractivity contribution in [2.45, 2.75) is 11.3 Å². The topological polar surface area (TPSA) is 107 Å². The van der Waals surface area contributed by atoms with Gasteiger partial charge in [0.1, 0.15) is 0 Å². The minimum Gasteiger partial charge on any atom is -0.452 e. The first-order valence-corrected chi connectivity index (χ1v) is 10.5. The summed E-state index contributed by atoms with van der Waals surface area (Å²) in [6.45, 7) is -0.0161. The fraction of sp³-hybridized carbons (Fsp3) is 0.143. The number of nitrogens with zero attached hydrogens (tertiary/aromatic N) is 1. The average Bonchev–Trinajstić information content (AvgIpc) is 3.14. The number of hydrogen-bond donors (Lipinski definition) is 1. The van der Waals surface area contributed by atoms with Crippen LogP contribution >= 0.6 is 0 Å². The average molecular weight is 410 g/mol. The fourth-order valence-corrected chi connectivity index (χ4v) is 3.98. The van der Waals surface area contributed by atoms with Crippen molar-refractivity contribution in [3.05, 3.63) is 71.8 Å². The van der Waals surface area contributed by atoms with Crippen LogP contribution < -0.4 is 10.0 Å². The molecule has 0 aliphatic carbocycles. The van der Waals surface area contributed by atoms with E-state index in [1.807, 2.05) is 30.3 Å². The number of rotatable bonds is 4. The molecule has 148 valence electrons. The summed E-state index contributed by atoms with van der Waals surface area (Å²) in [4.78, 5) is 26.4. The number of ether oxygens (including phenoxy) is 1. The summed E-state index contributed by atoms with van der Waals surface area (Å²) in [5.41, 5.74) is 1.69. The first-order valence-electron chi connectivity index (χ1n) is 8.95. The van der Waals surface area contributed by atoms with E-state index in [1.165, 1.54) is 17.0 Å². The van der Waals surface area contributed by atoms with Crippen LogP contribution in [0.5, 0.6) is 0 Å². The van der Waals surface area contributed by atoms with Crippen LogP contribution in [-0.2, 0) is 26.0 Å². The van der Waals surface area contributed by atoms with Gasteiger partial charge in [0.15, 0.2) is 6.61 Å². The van der Waals surface area contributed by atoms with Gasteiger partial charge >= 0.3 is 5.97 Å². The Bertz CT molecular complexity index is 1240. The summed E-state index contributed by atoms with van der Waals surface area (Å²) in [5.74, 6) is -0.950. The summed E-state index contributed by atoms with van der Waals surface area (Å²) >= 11 is 0. The summed E-state index contributed by atoms with van der Waals surface area (Å²) in [6, 6.07) is 17.2. The minimum absolute atomic E-state index is 0.00767. The lowest BCUT2D eigenvalue weighted by atomic mass is 10.1. The van der Waals surface area contributed by atoms with Gasteiger partial charge < -0.3 is 9.64 Å². The predicted molar refractivity (Wildman–Crippen MR) is 108 cm³/mol. The van der Waals surface area contributed by atoms with Crippen molar-refractivity contribution in [3.63, 3.8) is 0 Å². The highest BCUT2D eigenvalue weighted by molar-refractivity contribution is 7.89. The number of amides is 1. The SMILES string of the molecule is NS(=O)(=O)c1ccc2c(c1)CCN2C(=O)COC(=O)c1ccc2ccccc2c1. The molecule has 0 fully saturated rings. The molecule has 29 heavy (non-hydrogen) atoms. The molecule has 1 aliphatic rings. The number of benzene rings is 3. The quantitative estimate of drug-likeness (QED) is 0.664. The van der Waals surface area contributed by atoms with E-state index in [0.717, 1.165) is 10.8 Å². The molecule has 0 saturated heterocycles. The zero-order valence-electron chi connectivity index (χ0n) is 15.4. The Morgan fingerprint density at radius 2 is 1.76 bits per heavy atom. The van der Waals surface area contributed by atoms with Gasteiger partial charge in [-0.3, -0.25) is 4.79 Å². The lowest BCUT2D eigenvalue weighted by Gasteiger charge is -2.17. The second kappa shape index (κ2) is 7.31. The van der Waals surface area contributed by atoms with Crippen LogP contribution in [0.25, 0.3) is 10.8 Å². The van der Waals surface area contributed by atoms with E-state index < -0.39 is 22.6 Å². The third kappa shape index (κ3) is 3.85. The van der Waals surface area contributed by atoms with Crippen LogP contribution in [0.1, 0.15) is 15.9 Å². The van der Waals surface area contributed by atoms with Crippen LogP contribution in [0.3, 0.4) is 0 Å². The van der Waals surface area contributed by atoms with Crippen molar-refractivity contribution >= 4 is 38.4 Å². The number of esters is 1. The van der Waals surface area contributed by atoms with Gasteiger partial charge in [0.2, 0.25) is 10.0 Å². The molecule has 0 aromatic heterocycles. The van der Waals surface area contributed by atoms with Crippen LogP contribution in [0.2, 0.25) is 0 Å². The molecule has 3 aromatic rings. The fourth-order valence-electron chi connectivity index (χ4n) is 3.42. The normalized spacial score (nSPS) is 13.3. The molecule has 1 heterocycles. The Labute approximate surface area is 167 Å². The molecule has 0 radical (unpaired) electrons. The third-order valence-electron chi connectivity index (χ3n) is 4.89. The molecule has 4 rings (SSSR count). The van der Waals surface area contributed by atoms with Gasteiger partial charge in [-0.1, -0.05) is 30.3 Å². The first-order chi connectivity index (χ1) is 13.8. The van der Waals surface area contributed by atoms with E-state index in [-0.39, 0.29) is 10.8 Å². The van der Waals surface area contributed by atoms with Gasteiger partial charge in [0.05, 0.1) is 10.5 Å². The molecule has 8 heteroatoms. The lowest BCUT2D eigenvalue weighted by Crippen LogP contribution is -2.33. The second-order valence-corrected chi connectivity index (χ2v) is 8.33. The van der Waals surface area contributed by atoms with E-state index >= 15 is 0 Å². The Kier molecular flexibility index (Phi) is 4.81. The molecular weight excluding hydrogens is 392 g/mol. The number of carbonyl (C=O) groups excluding carboxylic acids is 2. The maximum atomic E-state index is 12.5. The predicted octanol–water partition coefficient (Wildman–Crippen LogP) is 2.23. The molecule has 0 unspecified atom stereocenters. The molecule has 2 N–H and O–H groups in total. The number of fused-ring (bicyclic) bond motifs is 2. The zero-order valence-corrected chi connectivity index (χ0v) is 16.2. The Morgan fingerprint density at radius 1 is 1.00 bits per heavy atom. The largest absolute Gasteiger partial charge is 0.452 e. The smallest absolute Gasteiger partial charge is 0.338 e. The lowest BCUT2D eigenvalue weighted by molar-refractivity contribution is -0.121. The standard InChI is InChI=1S/C21H18N2O5S/c22-29(26,27)18-7-8-19-16(12-18)9-10-23(19)20(24)13-28-21(25)17-6-5-14-3-1-2-4-15(14)11-17/h1-8,11-12H,9-10,13H2,(H2,22,26,27). The summed E-state index contributed by atoms with van der Waals surface area (Å²) in [7, 11) is -3.80. The van der Waals surface area contributed by atoms with Gasteiger partial charge in [0.25, 0.3) is 5.91 Å². The van der Waals surface area contributed by atoms with E-state index in [4.69, 9.17) is 9.88 Å². The number of hydrogen-bond acceptors (Lipinski definition) is 5. The van der Waals surface area contributed by atoms with Gasteiger partial charge in [-0.25, -0.2) is 18.4 Å². The molecule has 7 nitrogen and oxygen atoms in total. The Morgan fingerprint density at radius 3 is 2.52 bits per heavy atom. The Balaban J connectivity index is 1.44. The van der Waals surface area contributed by atoms with Crippen molar-refractivity contribution in [1.29, 1.82) is 0 Å². The molecule has 0 atom stereocenters. The summed E-state index contributed by atoms with van der Waals surface area (Å²) in [5, 5.41) is 7.07. The van der Waals surface area contributed by atoms with Crippen LogP contribution in [-0.4, -0.2) is 33.4 Å².